The van der Waals surface area contributed by atoms with Gasteiger partial charge in [0, 0.05) is 12.3 Å². The largest absolute Gasteiger partial charge is 0.411 e. The SMILES string of the molecule is C=NN(Cc1ccccc1F)C(C)(C)/C(C)=N/O. The molecule has 0 radical (unpaired) electrons. The van der Waals surface area contributed by atoms with Crippen LogP contribution in [0.5, 0.6) is 0 Å². The number of benzene rings is 1. The molecule has 0 atom stereocenters. The summed E-state index contributed by atoms with van der Waals surface area (Å²) in [6, 6.07) is 6.49. The number of hydrogen-bond acceptors (Lipinski definition) is 4. The Labute approximate surface area is 106 Å². The van der Waals surface area contributed by atoms with Gasteiger partial charge >= 0.3 is 0 Å². The lowest BCUT2D eigenvalue weighted by atomic mass is 9.98. The summed E-state index contributed by atoms with van der Waals surface area (Å²) in [4.78, 5) is 0. The van der Waals surface area contributed by atoms with Gasteiger partial charge < -0.3 is 5.21 Å². The summed E-state index contributed by atoms with van der Waals surface area (Å²) < 4.78 is 13.6. The Kier molecular flexibility index (Phi) is 4.42. The molecule has 1 rings (SSSR count). The quantitative estimate of drug-likeness (QED) is 0.497. The average molecular weight is 251 g/mol. The van der Waals surface area contributed by atoms with E-state index < -0.39 is 5.54 Å². The smallest absolute Gasteiger partial charge is 0.128 e. The summed E-state index contributed by atoms with van der Waals surface area (Å²) in [6.45, 7) is 9.09. The minimum Gasteiger partial charge on any atom is -0.411 e. The number of halogens is 1. The van der Waals surface area contributed by atoms with Gasteiger partial charge in [-0.05, 0) is 26.8 Å². The van der Waals surface area contributed by atoms with Crippen molar-refractivity contribution in [2.24, 2.45) is 10.3 Å². The third-order valence-electron chi connectivity index (χ3n) is 3.13. The van der Waals surface area contributed by atoms with Crippen molar-refractivity contribution in [3.05, 3.63) is 35.6 Å². The number of nitrogens with zero attached hydrogens (tertiary/aromatic N) is 3. The van der Waals surface area contributed by atoms with Crippen molar-refractivity contribution in [3.63, 3.8) is 0 Å². The van der Waals surface area contributed by atoms with Gasteiger partial charge in [0.25, 0.3) is 0 Å². The zero-order valence-corrected chi connectivity index (χ0v) is 10.9. The van der Waals surface area contributed by atoms with Crippen LogP contribution < -0.4 is 0 Å². The summed E-state index contributed by atoms with van der Waals surface area (Å²) in [6.07, 6.45) is 0. The maximum atomic E-state index is 13.6. The lowest BCUT2D eigenvalue weighted by Crippen LogP contribution is -2.45. The highest BCUT2D eigenvalue weighted by Crippen LogP contribution is 2.21. The van der Waals surface area contributed by atoms with E-state index in [-0.39, 0.29) is 12.4 Å². The number of hydrogen-bond donors (Lipinski definition) is 1. The summed E-state index contributed by atoms with van der Waals surface area (Å²) in [5.41, 5.74) is 0.355. The molecule has 0 aromatic heterocycles. The van der Waals surface area contributed by atoms with Crippen molar-refractivity contribution < 1.29 is 9.60 Å². The molecule has 1 N–H and O–H groups in total. The number of oxime groups is 1. The molecule has 0 amide bonds. The van der Waals surface area contributed by atoms with Gasteiger partial charge in [0.05, 0.1) is 17.8 Å². The van der Waals surface area contributed by atoms with E-state index in [0.717, 1.165) is 0 Å². The van der Waals surface area contributed by atoms with Crippen LogP contribution in [0.2, 0.25) is 0 Å². The molecule has 0 bridgehead atoms. The second-order valence-electron chi connectivity index (χ2n) is 4.53. The molecule has 1 aromatic rings. The molecule has 0 saturated carbocycles. The van der Waals surface area contributed by atoms with Gasteiger partial charge in [-0.25, -0.2) is 4.39 Å². The van der Waals surface area contributed by atoms with Gasteiger partial charge in [-0.2, -0.15) is 5.10 Å². The predicted molar refractivity (Wildman–Crippen MR) is 70.5 cm³/mol. The molecule has 0 heterocycles. The molecule has 5 heteroatoms. The van der Waals surface area contributed by atoms with Crippen LogP contribution in [0.15, 0.2) is 34.5 Å². The molecule has 98 valence electrons. The van der Waals surface area contributed by atoms with Crippen molar-refractivity contribution in [2.45, 2.75) is 32.9 Å². The standard InChI is InChI=1S/C13H18FN3O/c1-10(16-18)13(2,3)17(15-4)9-11-7-5-6-8-12(11)14/h5-8,18H,4,9H2,1-3H3/b16-10+. The van der Waals surface area contributed by atoms with Crippen molar-refractivity contribution in [3.8, 4) is 0 Å². The van der Waals surface area contributed by atoms with Crippen LogP contribution in [-0.4, -0.2) is 28.2 Å². The van der Waals surface area contributed by atoms with Crippen LogP contribution in [0.1, 0.15) is 26.3 Å². The van der Waals surface area contributed by atoms with Crippen LogP contribution in [-0.2, 0) is 6.54 Å². The first-order valence-corrected chi connectivity index (χ1v) is 5.60. The van der Waals surface area contributed by atoms with Crippen molar-refractivity contribution in [1.29, 1.82) is 0 Å². The Balaban J connectivity index is 2.99. The zero-order chi connectivity index (χ0) is 13.8. The minimum absolute atomic E-state index is 0.260. The minimum atomic E-state index is -0.640. The maximum Gasteiger partial charge on any atom is 0.128 e. The summed E-state index contributed by atoms with van der Waals surface area (Å²) >= 11 is 0. The lowest BCUT2D eigenvalue weighted by Gasteiger charge is -2.35. The van der Waals surface area contributed by atoms with Gasteiger partial charge in [0.1, 0.15) is 5.82 Å². The fourth-order valence-electron chi connectivity index (χ4n) is 1.52. The zero-order valence-electron chi connectivity index (χ0n) is 10.9. The lowest BCUT2D eigenvalue weighted by molar-refractivity contribution is 0.169. The number of hydrazone groups is 1. The Morgan fingerprint density at radius 2 is 2.06 bits per heavy atom. The normalized spacial score (nSPS) is 12.3. The van der Waals surface area contributed by atoms with Gasteiger partial charge in [0.2, 0.25) is 0 Å². The molecule has 0 aliphatic heterocycles. The summed E-state index contributed by atoms with van der Waals surface area (Å²) in [5, 5.41) is 17.5. The van der Waals surface area contributed by atoms with Crippen LogP contribution in [0.4, 0.5) is 4.39 Å². The Hall–Kier alpha value is -1.91. The fraction of sp³-hybridized carbons (Fsp3) is 0.385. The van der Waals surface area contributed by atoms with E-state index in [9.17, 15) is 4.39 Å². The van der Waals surface area contributed by atoms with Crippen LogP contribution in [0.25, 0.3) is 0 Å². The Bertz CT molecular complexity index is 457. The van der Waals surface area contributed by atoms with Crippen molar-refractivity contribution in [1.82, 2.24) is 5.01 Å². The average Bonchev–Trinajstić information content (AvgIpc) is 2.36. The molecule has 18 heavy (non-hydrogen) atoms. The molecule has 0 fully saturated rings. The Morgan fingerprint density at radius 3 is 2.56 bits per heavy atom. The van der Waals surface area contributed by atoms with Crippen molar-refractivity contribution >= 4 is 12.4 Å². The van der Waals surface area contributed by atoms with Crippen LogP contribution in [0.3, 0.4) is 0 Å². The molecular weight excluding hydrogens is 233 g/mol. The molecule has 0 saturated heterocycles. The highest BCUT2D eigenvalue weighted by atomic mass is 19.1. The topological polar surface area (TPSA) is 48.2 Å². The monoisotopic (exact) mass is 251 g/mol. The van der Waals surface area contributed by atoms with E-state index in [1.807, 2.05) is 13.8 Å². The molecule has 0 aliphatic carbocycles. The molecule has 0 aliphatic rings. The van der Waals surface area contributed by atoms with E-state index in [2.05, 4.69) is 17.0 Å². The van der Waals surface area contributed by atoms with E-state index >= 15 is 0 Å². The van der Waals surface area contributed by atoms with E-state index in [1.165, 1.54) is 6.07 Å². The number of rotatable bonds is 5. The molecular formula is C13H18FN3O. The third-order valence-corrected chi connectivity index (χ3v) is 3.13. The van der Waals surface area contributed by atoms with Gasteiger partial charge in [-0.1, -0.05) is 23.4 Å². The summed E-state index contributed by atoms with van der Waals surface area (Å²) in [7, 11) is 0. The van der Waals surface area contributed by atoms with E-state index in [0.29, 0.717) is 11.3 Å². The van der Waals surface area contributed by atoms with Gasteiger partial charge in [-0.3, -0.25) is 5.01 Å². The summed E-state index contributed by atoms with van der Waals surface area (Å²) in [5.74, 6) is -0.291. The first-order valence-electron chi connectivity index (χ1n) is 5.60. The molecule has 0 spiro atoms. The Morgan fingerprint density at radius 1 is 1.44 bits per heavy atom. The second-order valence-corrected chi connectivity index (χ2v) is 4.53. The first kappa shape index (κ1) is 14.2. The molecule has 1 aromatic carbocycles. The first-order chi connectivity index (χ1) is 8.43. The predicted octanol–water partition coefficient (Wildman–Crippen LogP) is 2.87. The second kappa shape index (κ2) is 5.62. The molecule has 0 unspecified atom stereocenters. The highest BCUT2D eigenvalue weighted by Gasteiger charge is 2.29. The maximum absolute atomic E-state index is 13.6. The van der Waals surface area contributed by atoms with E-state index in [1.54, 1.807) is 30.1 Å². The third kappa shape index (κ3) is 2.85. The highest BCUT2D eigenvalue weighted by molar-refractivity contribution is 5.90. The van der Waals surface area contributed by atoms with Crippen molar-refractivity contribution in [2.75, 3.05) is 0 Å². The fourth-order valence-corrected chi connectivity index (χ4v) is 1.52. The van der Waals surface area contributed by atoms with E-state index in [4.69, 9.17) is 5.21 Å². The van der Waals surface area contributed by atoms with Gasteiger partial charge in [-0.15, -0.1) is 0 Å². The van der Waals surface area contributed by atoms with Crippen LogP contribution >= 0.6 is 0 Å². The van der Waals surface area contributed by atoms with Crippen LogP contribution in [0, 0.1) is 5.82 Å². The molecule has 4 nitrogen and oxygen atoms in total. The van der Waals surface area contributed by atoms with Gasteiger partial charge in [0.15, 0.2) is 0 Å².